The third-order valence-electron chi connectivity index (χ3n) is 4.40. The molecule has 0 saturated heterocycles. The first-order chi connectivity index (χ1) is 9.60. The highest BCUT2D eigenvalue weighted by molar-refractivity contribution is 5.93. The molecule has 1 aliphatic rings. The van der Waals surface area contributed by atoms with E-state index in [2.05, 4.69) is 17.2 Å². The summed E-state index contributed by atoms with van der Waals surface area (Å²) in [4.78, 5) is 26.7. The van der Waals surface area contributed by atoms with E-state index in [0.29, 0.717) is 12.5 Å². The van der Waals surface area contributed by atoms with Crippen LogP contribution in [0.25, 0.3) is 0 Å². The lowest BCUT2D eigenvalue weighted by atomic mass is 9.81. The van der Waals surface area contributed by atoms with Gasteiger partial charge in [0.05, 0.1) is 0 Å². The molecule has 0 bridgehead atoms. The largest absolute Gasteiger partial charge is 0.364 e. The Labute approximate surface area is 120 Å². The second-order valence-corrected chi connectivity index (χ2v) is 5.90. The van der Waals surface area contributed by atoms with Crippen LogP contribution in [0.15, 0.2) is 17.1 Å². The molecule has 110 valence electrons. The monoisotopic (exact) mass is 276 g/mol. The average Bonchev–Trinajstić information content (AvgIpc) is 2.45. The van der Waals surface area contributed by atoms with E-state index in [9.17, 15) is 9.59 Å². The zero-order valence-corrected chi connectivity index (χ0v) is 12.4. The van der Waals surface area contributed by atoms with Gasteiger partial charge in [-0.1, -0.05) is 26.2 Å². The fourth-order valence-corrected chi connectivity index (χ4v) is 2.93. The number of carbonyl (C=O) groups excluding carboxylic acids is 1. The van der Waals surface area contributed by atoms with Crippen molar-refractivity contribution in [1.29, 1.82) is 0 Å². The van der Waals surface area contributed by atoms with Crippen LogP contribution in [0, 0.1) is 18.8 Å². The summed E-state index contributed by atoms with van der Waals surface area (Å²) in [5.41, 5.74) is 0.760. The zero-order valence-electron chi connectivity index (χ0n) is 12.4. The van der Waals surface area contributed by atoms with Crippen LogP contribution in [0.2, 0.25) is 0 Å². The van der Waals surface area contributed by atoms with Crippen molar-refractivity contribution in [2.24, 2.45) is 11.8 Å². The van der Waals surface area contributed by atoms with Crippen LogP contribution in [-0.2, 0) is 0 Å². The van der Waals surface area contributed by atoms with E-state index < -0.39 is 0 Å². The van der Waals surface area contributed by atoms with Crippen LogP contribution in [0.1, 0.15) is 55.1 Å². The lowest BCUT2D eigenvalue weighted by Gasteiger charge is -2.27. The number of rotatable bonds is 4. The van der Waals surface area contributed by atoms with Gasteiger partial charge < -0.3 is 10.3 Å². The van der Waals surface area contributed by atoms with Crippen LogP contribution >= 0.6 is 0 Å². The summed E-state index contributed by atoms with van der Waals surface area (Å²) in [6.45, 7) is 4.73. The highest BCUT2D eigenvalue weighted by Crippen LogP contribution is 2.30. The SMILES string of the molecule is CCC1CCC(CNC(=O)c2c[nH]c(C)cc2=O)CC1. The molecule has 1 fully saturated rings. The quantitative estimate of drug-likeness (QED) is 0.888. The third-order valence-corrected chi connectivity index (χ3v) is 4.40. The number of hydrogen-bond donors (Lipinski definition) is 2. The van der Waals surface area contributed by atoms with Gasteiger partial charge in [-0.25, -0.2) is 0 Å². The fraction of sp³-hybridized carbons (Fsp3) is 0.625. The molecule has 0 spiro atoms. The van der Waals surface area contributed by atoms with Crippen molar-refractivity contribution in [2.75, 3.05) is 6.54 Å². The van der Waals surface area contributed by atoms with Gasteiger partial charge in [0.2, 0.25) is 0 Å². The normalized spacial score (nSPS) is 22.5. The van der Waals surface area contributed by atoms with Gasteiger partial charge in [0.1, 0.15) is 5.56 Å². The van der Waals surface area contributed by atoms with Gasteiger partial charge in [-0.2, -0.15) is 0 Å². The number of aromatic amines is 1. The predicted octanol–water partition coefficient (Wildman–Crippen LogP) is 2.63. The Bertz CT molecular complexity index is 513. The van der Waals surface area contributed by atoms with Gasteiger partial charge in [-0.05, 0) is 31.6 Å². The van der Waals surface area contributed by atoms with Crippen LogP contribution in [0.4, 0.5) is 0 Å². The number of aryl methyl sites for hydroxylation is 1. The number of carbonyl (C=O) groups is 1. The highest BCUT2D eigenvalue weighted by atomic mass is 16.2. The molecule has 1 aliphatic carbocycles. The fourth-order valence-electron chi connectivity index (χ4n) is 2.93. The van der Waals surface area contributed by atoms with Gasteiger partial charge in [-0.15, -0.1) is 0 Å². The molecule has 1 heterocycles. The Kier molecular flexibility index (Phi) is 4.99. The van der Waals surface area contributed by atoms with Crippen molar-refractivity contribution in [3.05, 3.63) is 33.7 Å². The molecule has 20 heavy (non-hydrogen) atoms. The number of aromatic nitrogens is 1. The highest BCUT2D eigenvalue weighted by Gasteiger charge is 2.20. The zero-order chi connectivity index (χ0) is 14.5. The van der Waals surface area contributed by atoms with E-state index in [1.807, 2.05) is 0 Å². The number of amides is 1. The van der Waals surface area contributed by atoms with Gasteiger partial charge in [0.15, 0.2) is 5.43 Å². The lowest BCUT2D eigenvalue weighted by molar-refractivity contribution is 0.0940. The summed E-state index contributed by atoms with van der Waals surface area (Å²) in [6.07, 6.45) is 7.66. The molecule has 0 unspecified atom stereocenters. The Hall–Kier alpha value is -1.58. The molecule has 1 amide bonds. The topological polar surface area (TPSA) is 62.0 Å². The first-order valence-corrected chi connectivity index (χ1v) is 7.57. The van der Waals surface area contributed by atoms with Crippen molar-refractivity contribution < 1.29 is 4.79 Å². The average molecular weight is 276 g/mol. The smallest absolute Gasteiger partial charge is 0.256 e. The second kappa shape index (κ2) is 6.73. The van der Waals surface area contributed by atoms with Gasteiger partial charge in [0, 0.05) is 24.5 Å². The molecule has 0 aliphatic heterocycles. The van der Waals surface area contributed by atoms with E-state index in [1.54, 1.807) is 6.92 Å². The van der Waals surface area contributed by atoms with Gasteiger partial charge >= 0.3 is 0 Å². The summed E-state index contributed by atoms with van der Waals surface area (Å²) >= 11 is 0. The van der Waals surface area contributed by atoms with Crippen molar-refractivity contribution in [3.63, 3.8) is 0 Å². The van der Waals surface area contributed by atoms with E-state index >= 15 is 0 Å². The maximum Gasteiger partial charge on any atom is 0.256 e. The minimum absolute atomic E-state index is 0.206. The maximum absolute atomic E-state index is 12.0. The molecule has 4 heteroatoms. The first kappa shape index (κ1) is 14.8. The Morgan fingerprint density at radius 2 is 1.95 bits per heavy atom. The predicted molar refractivity (Wildman–Crippen MR) is 79.9 cm³/mol. The summed E-state index contributed by atoms with van der Waals surface area (Å²) in [5, 5.41) is 2.90. The number of H-pyrrole nitrogens is 1. The summed E-state index contributed by atoms with van der Waals surface area (Å²) in [6, 6.07) is 1.46. The van der Waals surface area contributed by atoms with Crippen LogP contribution in [0.5, 0.6) is 0 Å². The Morgan fingerprint density at radius 1 is 1.30 bits per heavy atom. The number of pyridine rings is 1. The molecule has 2 N–H and O–H groups in total. The van der Waals surface area contributed by atoms with Crippen LogP contribution < -0.4 is 10.7 Å². The minimum Gasteiger partial charge on any atom is -0.364 e. The molecule has 1 aromatic rings. The molecule has 1 saturated carbocycles. The van der Waals surface area contributed by atoms with E-state index in [4.69, 9.17) is 0 Å². The van der Waals surface area contributed by atoms with Crippen molar-refractivity contribution in [1.82, 2.24) is 10.3 Å². The maximum atomic E-state index is 12.0. The van der Waals surface area contributed by atoms with Crippen molar-refractivity contribution in [2.45, 2.75) is 46.0 Å². The van der Waals surface area contributed by atoms with E-state index in [1.165, 1.54) is 44.4 Å². The molecule has 1 aromatic heterocycles. The summed E-state index contributed by atoms with van der Waals surface area (Å²) < 4.78 is 0. The summed E-state index contributed by atoms with van der Waals surface area (Å²) in [5.74, 6) is 1.16. The van der Waals surface area contributed by atoms with E-state index in [0.717, 1.165) is 11.6 Å². The molecule has 0 aromatic carbocycles. The Balaban J connectivity index is 1.85. The summed E-state index contributed by atoms with van der Waals surface area (Å²) in [7, 11) is 0. The molecule has 4 nitrogen and oxygen atoms in total. The molecule has 0 atom stereocenters. The molecule has 0 radical (unpaired) electrons. The van der Waals surface area contributed by atoms with E-state index in [-0.39, 0.29) is 16.9 Å². The number of hydrogen-bond acceptors (Lipinski definition) is 2. The lowest BCUT2D eigenvalue weighted by Crippen LogP contribution is -2.34. The van der Waals surface area contributed by atoms with Gasteiger partial charge in [0.25, 0.3) is 5.91 Å². The third kappa shape index (κ3) is 3.71. The molecule has 2 rings (SSSR count). The minimum atomic E-state index is -0.260. The Morgan fingerprint density at radius 3 is 2.55 bits per heavy atom. The first-order valence-electron chi connectivity index (χ1n) is 7.57. The van der Waals surface area contributed by atoms with Crippen molar-refractivity contribution >= 4 is 5.91 Å². The van der Waals surface area contributed by atoms with Gasteiger partial charge in [-0.3, -0.25) is 9.59 Å². The van der Waals surface area contributed by atoms with Crippen LogP contribution in [-0.4, -0.2) is 17.4 Å². The number of nitrogens with one attached hydrogen (secondary N) is 2. The second-order valence-electron chi connectivity index (χ2n) is 5.90. The van der Waals surface area contributed by atoms with Crippen molar-refractivity contribution in [3.8, 4) is 0 Å². The molecular formula is C16H24N2O2. The van der Waals surface area contributed by atoms with Crippen LogP contribution in [0.3, 0.4) is 0 Å². The standard InChI is InChI=1S/C16H24N2O2/c1-3-12-4-6-13(7-5-12)9-18-16(20)14-10-17-11(2)8-15(14)19/h8,10,12-13H,3-7,9H2,1-2H3,(H,17,19)(H,18,20). The molecular weight excluding hydrogens is 252 g/mol.